The van der Waals surface area contributed by atoms with Crippen molar-refractivity contribution in [3.8, 4) is 11.3 Å². The molecule has 2 rings (SSSR count). The van der Waals surface area contributed by atoms with Crippen LogP contribution in [0.15, 0.2) is 23.0 Å². The molecule has 0 amide bonds. The second-order valence-corrected chi connectivity index (χ2v) is 3.71. The second-order valence-electron chi connectivity index (χ2n) is 3.71. The average Bonchev–Trinajstić information content (AvgIpc) is 2.70. The van der Waals surface area contributed by atoms with E-state index in [0.29, 0.717) is 6.07 Å². The average molecular weight is 268 g/mol. The highest BCUT2D eigenvalue weighted by molar-refractivity contribution is 5.94. The zero-order valence-corrected chi connectivity index (χ0v) is 9.92. The van der Waals surface area contributed by atoms with E-state index in [0.717, 1.165) is 12.1 Å². The smallest absolute Gasteiger partial charge is 0.357 e. The molecule has 5 nitrogen and oxygen atoms in total. The second kappa shape index (κ2) is 5.05. The third-order valence-corrected chi connectivity index (χ3v) is 2.36. The predicted octanol–water partition coefficient (Wildman–Crippen LogP) is 1.82. The number of imidazole rings is 1. The maximum Gasteiger partial charge on any atom is 0.357 e. The molecule has 0 fully saturated rings. The van der Waals surface area contributed by atoms with Gasteiger partial charge in [-0.05, 0) is 19.1 Å². The van der Waals surface area contributed by atoms with Crippen LogP contribution in [0.2, 0.25) is 0 Å². The Morgan fingerprint density at radius 3 is 2.42 bits per heavy atom. The van der Waals surface area contributed by atoms with Gasteiger partial charge in [0, 0.05) is 11.6 Å². The summed E-state index contributed by atoms with van der Waals surface area (Å²) in [5.74, 6) is -2.40. The first-order valence-electron chi connectivity index (χ1n) is 5.47. The van der Waals surface area contributed by atoms with E-state index >= 15 is 0 Å². The van der Waals surface area contributed by atoms with Crippen molar-refractivity contribution in [2.45, 2.75) is 6.92 Å². The minimum absolute atomic E-state index is 0.0122. The molecule has 100 valence electrons. The number of benzene rings is 1. The van der Waals surface area contributed by atoms with Gasteiger partial charge in [-0.1, -0.05) is 0 Å². The van der Waals surface area contributed by atoms with Gasteiger partial charge in [0.2, 0.25) is 0 Å². The number of nitrogens with one attached hydrogen (secondary N) is 2. The fraction of sp³-hybridized carbons (Fsp3) is 0.167. The Hall–Kier alpha value is -2.44. The Labute approximate surface area is 106 Å². The summed E-state index contributed by atoms with van der Waals surface area (Å²) in [6, 6.07) is 2.70. The van der Waals surface area contributed by atoms with Crippen molar-refractivity contribution in [1.29, 1.82) is 0 Å². The van der Waals surface area contributed by atoms with Crippen molar-refractivity contribution in [3.63, 3.8) is 0 Å². The van der Waals surface area contributed by atoms with Crippen LogP contribution in [0, 0.1) is 11.6 Å². The van der Waals surface area contributed by atoms with Crippen molar-refractivity contribution in [3.05, 3.63) is 46.0 Å². The molecule has 0 unspecified atom stereocenters. The van der Waals surface area contributed by atoms with Crippen LogP contribution in [0.1, 0.15) is 17.4 Å². The van der Waals surface area contributed by atoms with Crippen LogP contribution in [-0.4, -0.2) is 22.5 Å². The molecule has 1 heterocycles. The van der Waals surface area contributed by atoms with Crippen LogP contribution in [0.5, 0.6) is 0 Å². The summed E-state index contributed by atoms with van der Waals surface area (Å²) in [7, 11) is 0. The first-order chi connectivity index (χ1) is 9.01. The number of carbonyl (C=O) groups is 1. The van der Waals surface area contributed by atoms with Crippen LogP contribution >= 0.6 is 0 Å². The number of halogens is 2. The first kappa shape index (κ1) is 13.0. The minimum atomic E-state index is -0.813. The minimum Gasteiger partial charge on any atom is -0.461 e. The third-order valence-electron chi connectivity index (χ3n) is 2.36. The SMILES string of the molecule is CCOC(=O)c1[nH]c(=O)[nH]c1-c1cc(F)cc(F)c1. The first-order valence-corrected chi connectivity index (χ1v) is 5.47. The molecule has 0 saturated carbocycles. The number of aromatic nitrogens is 2. The lowest BCUT2D eigenvalue weighted by molar-refractivity contribution is 0.0521. The summed E-state index contributed by atoms with van der Waals surface area (Å²) in [6.45, 7) is 1.72. The van der Waals surface area contributed by atoms with Gasteiger partial charge in [0.15, 0.2) is 5.69 Å². The molecular weight excluding hydrogens is 258 g/mol. The van der Waals surface area contributed by atoms with Crippen LogP contribution in [0.25, 0.3) is 11.3 Å². The molecule has 2 aromatic rings. The maximum absolute atomic E-state index is 13.1. The van der Waals surface area contributed by atoms with Crippen molar-refractivity contribution < 1.29 is 18.3 Å². The van der Waals surface area contributed by atoms with Gasteiger partial charge in [-0.3, -0.25) is 4.98 Å². The predicted molar refractivity (Wildman–Crippen MR) is 62.7 cm³/mol. The molecule has 1 aromatic heterocycles. The van der Waals surface area contributed by atoms with Crippen molar-refractivity contribution in [2.24, 2.45) is 0 Å². The Bertz CT molecular complexity index is 656. The standard InChI is InChI=1S/C12H10F2N2O3/c1-2-19-11(17)10-9(15-12(18)16-10)6-3-7(13)5-8(14)4-6/h3-5H,2H2,1H3,(H2,15,16,18). The van der Waals surface area contributed by atoms with E-state index in [-0.39, 0.29) is 23.6 Å². The van der Waals surface area contributed by atoms with Crippen LogP contribution in [0.4, 0.5) is 8.78 Å². The summed E-state index contributed by atoms with van der Waals surface area (Å²) in [5.41, 5.74) is -0.805. The quantitative estimate of drug-likeness (QED) is 0.834. The van der Waals surface area contributed by atoms with Gasteiger partial charge in [-0.2, -0.15) is 0 Å². The normalized spacial score (nSPS) is 10.5. The molecule has 0 aliphatic carbocycles. The number of H-pyrrole nitrogens is 2. The summed E-state index contributed by atoms with van der Waals surface area (Å²) in [6.07, 6.45) is 0. The molecule has 0 aliphatic heterocycles. The lowest BCUT2D eigenvalue weighted by atomic mass is 10.1. The lowest BCUT2D eigenvalue weighted by Gasteiger charge is -2.03. The molecular formula is C12H10F2N2O3. The molecule has 19 heavy (non-hydrogen) atoms. The molecule has 1 aromatic carbocycles. The number of aromatic amines is 2. The number of rotatable bonds is 3. The van der Waals surface area contributed by atoms with E-state index in [2.05, 4.69) is 9.97 Å². The molecule has 0 saturated heterocycles. The van der Waals surface area contributed by atoms with E-state index in [1.54, 1.807) is 6.92 Å². The fourth-order valence-corrected chi connectivity index (χ4v) is 1.65. The van der Waals surface area contributed by atoms with Gasteiger partial charge in [0.05, 0.1) is 12.3 Å². The van der Waals surface area contributed by atoms with Gasteiger partial charge in [0.1, 0.15) is 11.6 Å². The highest BCUT2D eigenvalue weighted by atomic mass is 19.1. The third kappa shape index (κ3) is 2.70. The molecule has 0 radical (unpaired) electrons. The summed E-state index contributed by atoms with van der Waals surface area (Å²) in [5, 5.41) is 0. The van der Waals surface area contributed by atoms with Gasteiger partial charge in [-0.15, -0.1) is 0 Å². The van der Waals surface area contributed by atoms with Gasteiger partial charge in [0.25, 0.3) is 0 Å². The molecule has 2 N–H and O–H groups in total. The molecule has 7 heteroatoms. The zero-order chi connectivity index (χ0) is 14.0. The van der Waals surface area contributed by atoms with Crippen molar-refractivity contribution >= 4 is 5.97 Å². The monoisotopic (exact) mass is 268 g/mol. The Balaban J connectivity index is 2.55. The van der Waals surface area contributed by atoms with E-state index in [9.17, 15) is 18.4 Å². The van der Waals surface area contributed by atoms with E-state index < -0.39 is 23.3 Å². The number of carbonyl (C=O) groups excluding carboxylic acids is 1. The summed E-state index contributed by atoms with van der Waals surface area (Å²) >= 11 is 0. The summed E-state index contributed by atoms with van der Waals surface area (Å²) < 4.78 is 31.0. The van der Waals surface area contributed by atoms with Gasteiger partial charge < -0.3 is 9.72 Å². The largest absolute Gasteiger partial charge is 0.461 e. The molecule has 0 spiro atoms. The van der Waals surface area contributed by atoms with Gasteiger partial charge in [-0.25, -0.2) is 18.4 Å². The molecule has 0 atom stereocenters. The van der Waals surface area contributed by atoms with Crippen molar-refractivity contribution in [2.75, 3.05) is 6.61 Å². The van der Waals surface area contributed by atoms with E-state index in [1.807, 2.05) is 0 Å². The molecule has 0 aliphatic rings. The fourth-order valence-electron chi connectivity index (χ4n) is 1.65. The maximum atomic E-state index is 13.1. The van der Waals surface area contributed by atoms with Crippen LogP contribution in [-0.2, 0) is 4.74 Å². The molecule has 0 bridgehead atoms. The number of esters is 1. The number of hydrogen-bond acceptors (Lipinski definition) is 3. The number of ether oxygens (including phenoxy) is 1. The Morgan fingerprint density at radius 2 is 1.84 bits per heavy atom. The van der Waals surface area contributed by atoms with E-state index in [4.69, 9.17) is 4.74 Å². The van der Waals surface area contributed by atoms with Crippen LogP contribution < -0.4 is 5.69 Å². The van der Waals surface area contributed by atoms with E-state index in [1.165, 1.54) is 0 Å². The number of hydrogen-bond donors (Lipinski definition) is 2. The highest BCUT2D eigenvalue weighted by Crippen LogP contribution is 2.22. The highest BCUT2D eigenvalue weighted by Gasteiger charge is 2.18. The zero-order valence-electron chi connectivity index (χ0n) is 9.92. The van der Waals surface area contributed by atoms with Crippen LogP contribution in [0.3, 0.4) is 0 Å². The topological polar surface area (TPSA) is 75.0 Å². The Kier molecular flexibility index (Phi) is 3.46. The van der Waals surface area contributed by atoms with Crippen molar-refractivity contribution in [1.82, 2.24) is 9.97 Å². The summed E-state index contributed by atoms with van der Waals surface area (Å²) in [4.78, 5) is 27.4. The Morgan fingerprint density at radius 1 is 1.21 bits per heavy atom. The lowest BCUT2D eigenvalue weighted by Crippen LogP contribution is -2.08. The van der Waals surface area contributed by atoms with Gasteiger partial charge >= 0.3 is 11.7 Å².